The zero-order valence-electron chi connectivity index (χ0n) is 10.7. The molecule has 0 spiro atoms. The molecule has 1 rings (SSSR count). The fourth-order valence-electron chi connectivity index (χ4n) is 1.64. The molecule has 0 saturated heterocycles. The Kier molecular flexibility index (Phi) is 5.28. The predicted octanol–water partition coefficient (Wildman–Crippen LogP) is 2.58. The molecule has 0 aliphatic rings. The highest BCUT2D eigenvalue weighted by atomic mass is 35.5. The number of hydrogen-bond acceptors (Lipinski definition) is 4. The van der Waals surface area contributed by atoms with Crippen molar-refractivity contribution in [1.29, 1.82) is 0 Å². The van der Waals surface area contributed by atoms with Crippen molar-refractivity contribution in [3.8, 4) is 5.75 Å². The van der Waals surface area contributed by atoms with Crippen LogP contribution in [-0.2, 0) is 9.84 Å². The van der Waals surface area contributed by atoms with E-state index in [4.69, 9.17) is 16.3 Å². The summed E-state index contributed by atoms with van der Waals surface area (Å²) in [5.74, 6) is 0.707. The van der Waals surface area contributed by atoms with E-state index < -0.39 is 9.84 Å². The first-order valence-electron chi connectivity index (χ1n) is 5.68. The van der Waals surface area contributed by atoms with E-state index in [1.807, 2.05) is 19.9 Å². The fraction of sp³-hybridized carbons (Fsp3) is 0.500. The molecule has 1 aromatic rings. The highest BCUT2D eigenvalue weighted by molar-refractivity contribution is 7.90. The molecule has 0 fully saturated rings. The molecular formula is C12H18ClNO3S. The van der Waals surface area contributed by atoms with Crippen LogP contribution in [0.4, 0.5) is 5.69 Å². The van der Waals surface area contributed by atoms with E-state index in [2.05, 4.69) is 5.32 Å². The minimum Gasteiger partial charge on any atom is -0.492 e. The van der Waals surface area contributed by atoms with Crippen LogP contribution < -0.4 is 10.1 Å². The molecule has 1 N–H and O–H groups in total. The standard InChI is InChI=1S/C12H18ClNO3S/c1-4-17-12-6-5-10(7-11(12)13)14-9(2)8-18(3,15)16/h5-7,9,14H,4,8H2,1-3H3. The van der Waals surface area contributed by atoms with Gasteiger partial charge in [0.1, 0.15) is 15.6 Å². The molecule has 0 amide bonds. The monoisotopic (exact) mass is 291 g/mol. The highest BCUT2D eigenvalue weighted by Gasteiger charge is 2.11. The number of halogens is 1. The van der Waals surface area contributed by atoms with Gasteiger partial charge in [0.2, 0.25) is 0 Å². The average molecular weight is 292 g/mol. The Balaban J connectivity index is 2.71. The van der Waals surface area contributed by atoms with Crippen LogP contribution in [0.3, 0.4) is 0 Å². The normalized spacial score (nSPS) is 13.1. The lowest BCUT2D eigenvalue weighted by molar-refractivity contribution is 0.340. The molecule has 102 valence electrons. The average Bonchev–Trinajstić information content (AvgIpc) is 2.19. The van der Waals surface area contributed by atoms with Crippen LogP contribution in [0.1, 0.15) is 13.8 Å². The number of ether oxygens (including phenoxy) is 1. The summed E-state index contributed by atoms with van der Waals surface area (Å²) in [5.41, 5.74) is 0.777. The van der Waals surface area contributed by atoms with Crippen LogP contribution in [0.25, 0.3) is 0 Å². The van der Waals surface area contributed by atoms with Gasteiger partial charge in [0, 0.05) is 18.0 Å². The van der Waals surface area contributed by atoms with Crippen molar-refractivity contribution in [3.05, 3.63) is 23.2 Å². The van der Waals surface area contributed by atoms with Gasteiger partial charge in [-0.1, -0.05) is 11.6 Å². The molecular weight excluding hydrogens is 274 g/mol. The number of nitrogens with one attached hydrogen (secondary N) is 1. The van der Waals surface area contributed by atoms with E-state index in [1.165, 1.54) is 6.26 Å². The zero-order chi connectivity index (χ0) is 13.8. The van der Waals surface area contributed by atoms with Crippen LogP contribution in [-0.4, -0.2) is 33.1 Å². The third-order valence-corrected chi connectivity index (χ3v) is 3.60. The van der Waals surface area contributed by atoms with Crippen molar-refractivity contribution < 1.29 is 13.2 Å². The summed E-state index contributed by atoms with van der Waals surface area (Å²) in [6.07, 6.45) is 1.22. The minimum atomic E-state index is -2.99. The van der Waals surface area contributed by atoms with E-state index in [9.17, 15) is 8.42 Å². The molecule has 1 atom stereocenters. The second-order valence-electron chi connectivity index (χ2n) is 4.22. The summed E-state index contributed by atoms with van der Waals surface area (Å²) in [6.45, 7) is 4.25. The first-order chi connectivity index (χ1) is 8.31. The maximum atomic E-state index is 11.2. The maximum Gasteiger partial charge on any atom is 0.149 e. The van der Waals surface area contributed by atoms with Gasteiger partial charge in [0.15, 0.2) is 0 Å². The molecule has 18 heavy (non-hydrogen) atoms. The van der Waals surface area contributed by atoms with Gasteiger partial charge < -0.3 is 10.1 Å². The fourth-order valence-corrected chi connectivity index (χ4v) is 2.87. The molecule has 4 nitrogen and oxygen atoms in total. The molecule has 0 bridgehead atoms. The quantitative estimate of drug-likeness (QED) is 0.875. The van der Waals surface area contributed by atoms with Gasteiger partial charge >= 0.3 is 0 Å². The van der Waals surface area contributed by atoms with Crippen LogP contribution in [0.15, 0.2) is 18.2 Å². The third-order valence-electron chi connectivity index (χ3n) is 2.20. The third kappa shape index (κ3) is 5.14. The Labute approximate surface area is 113 Å². The summed E-state index contributed by atoms with van der Waals surface area (Å²) in [7, 11) is -2.99. The van der Waals surface area contributed by atoms with Crippen molar-refractivity contribution in [1.82, 2.24) is 0 Å². The van der Waals surface area contributed by atoms with Gasteiger partial charge in [-0.05, 0) is 32.0 Å². The summed E-state index contributed by atoms with van der Waals surface area (Å²) in [5, 5.41) is 3.60. The molecule has 0 aromatic heterocycles. The molecule has 0 heterocycles. The number of hydrogen-bond donors (Lipinski definition) is 1. The minimum absolute atomic E-state index is 0.0812. The first-order valence-corrected chi connectivity index (χ1v) is 8.12. The van der Waals surface area contributed by atoms with E-state index in [1.54, 1.807) is 12.1 Å². The zero-order valence-corrected chi connectivity index (χ0v) is 12.3. The lowest BCUT2D eigenvalue weighted by Crippen LogP contribution is -2.24. The van der Waals surface area contributed by atoms with Crippen molar-refractivity contribution in [2.45, 2.75) is 19.9 Å². The van der Waals surface area contributed by atoms with Gasteiger partial charge in [-0.2, -0.15) is 0 Å². The van der Waals surface area contributed by atoms with Crippen LogP contribution in [0, 0.1) is 0 Å². The number of sulfone groups is 1. The van der Waals surface area contributed by atoms with Crippen molar-refractivity contribution in [3.63, 3.8) is 0 Å². The summed E-state index contributed by atoms with van der Waals surface area (Å²) < 4.78 is 27.6. The van der Waals surface area contributed by atoms with Gasteiger partial charge in [-0.3, -0.25) is 0 Å². The molecule has 1 unspecified atom stereocenters. The Morgan fingerprint density at radius 2 is 2.11 bits per heavy atom. The number of rotatable bonds is 6. The Bertz CT molecular complexity index is 502. The topological polar surface area (TPSA) is 55.4 Å². The number of anilines is 1. The van der Waals surface area contributed by atoms with Gasteiger partial charge in [-0.25, -0.2) is 8.42 Å². The van der Waals surface area contributed by atoms with E-state index in [0.29, 0.717) is 17.4 Å². The van der Waals surface area contributed by atoms with Gasteiger partial charge in [-0.15, -0.1) is 0 Å². The predicted molar refractivity (Wildman–Crippen MR) is 75.4 cm³/mol. The maximum absolute atomic E-state index is 11.2. The van der Waals surface area contributed by atoms with E-state index in [0.717, 1.165) is 5.69 Å². The molecule has 0 saturated carbocycles. The smallest absolute Gasteiger partial charge is 0.149 e. The SMILES string of the molecule is CCOc1ccc(NC(C)CS(C)(=O)=O)cc1Cl. The summed E-state index contributed by atoms with van der Waals surface area (Å²) in [6, 6.07) is 5.14. The molecule has 6 heteroatoms. The highest BCUT2D eigenvalue weighted by Crippen LogP contribution is 2.27. The summed E-state index contributed by atoms with van der Waals surface area (Å²) >= 11 is 6.04. The lowest BCUT2D eigenvalue weighted by Gasteiger charge is -2.15. The van der Waals surface area contributed by atoms with Crippen LogP contribution in [0.5, 0.6) is 5.75 Å². The molecule has 0 aliphatic carbocycles. The number of benzene rings is 1. The summed E-state index contributed by atoms with van der Waals surface area (Å²) in [4.78, 5) is 0. The van der Waals surface area contributed by atoms with Crippen molar-refractivity contribution in [2.24, 2.45) is 0 Å². The molecule has 0 radical (unpaired) electrons. The van der Waals surface area contributed by atoms with Crippen molar-refractivity contribution >= 4 is 27.1 Å². The first kappa shape index (κ1) is 15.1. The van der Waals surface area contributed by atoms with E-state index >= 15 is 0 Å². The Hall–Kier alpha value is -0.940. The lowest BCUT2D eigenvalue weighted by atomic mass is 10.2. The van der Waals surface area contributed by atoms with Gasteiger partial charge in [0.25, 0.3) is 0 Å². The largest absolute Gasteiger partial charge is 0.492 e. The van der Waals surface area contributed by atoms with Gasteiger partial charge in [0.05, 0.1) is 17.4 Å². The Morgan fingerprint density at radius 3 is 2.61 bits per heavy atom. The second kappa shape index (κ2) is 6.29. The molecule has 0 aliphatic heterocycles. The molecule has 1 aromatic carbocycles. The van der Waals surface area contributed by atoms with Crippen molar-refractivity contribution in [2.75, 3.05) is 23.9 Å². The van der Waals surface area contributed by atoms with Crippen LogP contribution >= 0.6 is 11.6 Å². The second-order valence-corrected chi connectivity index (χ2v) is 6.81. The van der Waals surface area contributed by atoms with Crippen LogP contribution in [0.2, 0.25) is 5.02 Å². The Morgan fingerprint density at radius 1 is 1.44 bits per heavy atom. The van der Waals surface area contributed by atoms with E-state index in [-0.39, 0.29) is 11.8 Å².